The average Bonchev–Trinajstić information content (AvgIpc) is 2.60. The highest BCUT2D eigenvalue weighted by Crippen LogP contribution is 2.36. The Bertz CT molecular complexity index is 616. The Morgan fingerprint density at radius 3 is 2.42 bits per heavy atom. The van der Waals surface area contributed by atoms with Crippen LogP contribution in [-0.4, -0.2) is 37.9 Å². The van der Waals surface area contributed by atoms with Gasteiger partial charge in [-0.1, -0.05) is 67.6 Å². The van der Waals surface area contributed by atoms with Gasteiger partial charge in [-0.25, -0.2) is 0 Å². The summed E-state index contributed by atoms with van der Waals surface area (Å²) < 4.78 is 5.00. The van der Waals surface area contributed by atoms with Crippen LogP contribution in [0.3, 0.4) is 0 Å². The van der Waals surface area contributed by atoms with Crippen LogP contribution in [0, 0.1) is 5.92 Å². The molecule has 1 aromatic rings. The molecular formula is C19H31N3O3Si. The predicted octanol–water partition coefficient (Wildman–Crippen LogP) is 4.01. The van der Waals surface area contributed by atoms with Gasteiger partial charge in [0.05, 0.1) is 20.8 Å². The van der Waals surface area contributed by atoms with E-state index in [2.05, 4.69) is 35.3 Å². The van der Waals surface area contributed by atoms with E-state index in [9.17, 15) is 9.90 Å². The fourth-order valence-electron chi connectivity index (χ4n) is 3.48. The van der Waals surface area contributed by atoms with Gasteiger partial charge in [0.1, 0.15) is 0 Å². The number of esters is 1. The first-order chi connectivity index (χ1) is 12.3. The number of hydrogen-bond donors (Lipinski definition) is 1. The van der Waals surface area contributed by atoms with Gasteiger partial charge in [-0.2, -0.15) is 0 Å². The topological polar surface area (TPSA) is 95.3 Å². The number of hydrogen-bond acceptors (Lipinski definition) is 4. The monoisotopic (exact) mass is 377 g/mol. The molecule has 0 amide bonds. The fraction of sp³-hybridized carbons (Fsp3) is 0.632. The number of nitrogens with zero attached hydrogens (tertiary/aromatic N) is 3. The number of carbonyl (C=O) groups excluding carboxylic acids is 1. The van der Waals surface area contributed by atoms with E-state index in [0.29, 0.717) is 13.0 Å². The van der Waals surface area contributed by atoms with Gasteiger partial charge in [0, 0.05) is 17.4 Å². The second-order valence-corrected chi connectivity index (χ2v) is 12.2. The van der Waals surface area contributed by atoms with Gasteiger partial charge in [0.15, 0.2) is 0 Å². The molecular weight excluding hydrogens is 346 g/mol. The van der Waals surface area contributed by atoms with Crippen LogP contribution in [0.15, 0.2) is 35.4 Å². The first-order valence-electron chi connectivity index (χ1n) is 9.19. The fourth-order valence-corrected chi connectivity index (χ4v) is 7.36. The summed E-state index contributed by atoms with van der Waals surface area (Å²) in [5, 5.41) is 16.2. The van der Waals surface area contributed by atoms with Crippen molar-refractivity contribution < 1.29 is 14.6 Å². The third-order valence-electron chi connectivity index (χ3n) is 4.97. The summed E-state index contributed by atoms with van der Waals surface area (Å²) in [4.78, 5) is 14.8. The van der Waals surface area contributed by atoms with E-state index < -0.39 is 20.2 Å². The van der Waals surface area contributed by atoms with Crippen LogP contribution in [0.4, 0.5) is 0 Å². The Hall–Kier alpha value is -1.82. The third-order valence-corrected chi connectivity index (χ3v) is 9.18. The zero-order valence-corrected chi connectivity index (χ0v) is 17.4. The van der Waals surface area contributed by atoms with Crippen LogP contribution < -0.4 is 5.19 Å². The molecule has 0 spiro atoms. The maximum Gasteiger partial charge on any atom is 0.305 e. The van der Waals surface area contributed by atoms with Gasteiger partial charge in [-0.15, -0.1) is 0 Å². The van der Waals surface area contributed by atoms with Crippen LogP contribution >= 0.6 is 0 Å². The third kappa shape index (κ3) is 5.87. The number of aliphatic hydroxyl groups excluding tert-OH is 1. The Morgan fingerprint density at radius 2 is 1.92 bits per heavy atom. The van der Waals surface area contributed by atoms with E-state index in [1.807, 2.05) is 32.0 Å². The van der Waals surface area contributed by atoms with Crippen molar-refractivity contribution >= 4 is 19.2 Å². The van der Waals surface area contributed by atoms with Crippen molar-refractivity contribution in [2.24, 2.45) is 11.0 Å². The Balaban J connectivity index is 3.23. The molecule has 6 nitrogen and oxygen atoms in total. The largest absolute Gasteiger partial charge is 0.466 e. The molecule has 0 saturated carbocycles. The van der Waals surface area contributed by atoms with Gasteiger partial charge in [0.25, 0.3) is 0 Å². The summed E-state index contributed by atoms with van der Waals surface area (Å²) in [5.74, 6) is -0.280. The molecule has 0 aromatic heterocycles. The normalized spacial score (nSPS) is 15.0. The molecule has 0 aliphatic carbocycles. The molecule has 0 bridgehead atoms. The van der Waals surface area contributed by atoms with Crippen molar-refractivity contribution in [2.45, 2.75) is 64.4 Å². The van der Waals surface area contributed by atoms with Gasteiger partial charge in [0.2, 0.25) is 0 Å². The summed E-state index contributed by atoms with van der Waals surface area (Å²) in [6, 6.07) is 9.64. The molecule has 1 rings (SSSR count). The molecule has 0 aliphatic rings. The maximum atomic E-state index is 11.8. The molecule has 0 heterocycles. The van der Waals surface area contributed by atoms with Crippen LogP contribution in [0.2, 0.25) is 18.6 Å². The molecule has 0 radical (unpaired) electrons. The van der Waals surface area contributed by atoms with Crippen LogP contribution in [0.1, 0.15) is 33.6 Å². The number of ether oxygens (including phenoxy) is 1. The zero-order valence-electron chi connectivity index (χ0n) is 16.4. The maximum absolute atomic E-state index is 11.8. The lowest BCUT2D eigenvalue weighted by molar-refractivity contribution is -0.143. The van der Waals surface area contributed by atoms with E-state index in [1.54, 1.807) is 6.92 Å². The second-order valence-electron chi connectivity index (χ2n) is 7.46. The first-order valence-corrected chi connectivity index (χ1v) is 12.3. The number of benzene rings is 1. The predicted molar refractivity (Wildman–Crippen MR) is 107 cm³/mol. The number of aliphatic hydroxyl groups is 1. The van der Waals surface area contributed by atoms with Crippen molar-refractivity contribution in [1.29, 1.82) is 0 Å². The second kappa shape index (κ2) is 10.4. The highest BCUT2D eigenvalue weighted by atomic mass is 28.3. The molecule has 26 heavy (non-hydrogen) atoms. The standard InChI is InChI=1S/C19H31N3O3Si/c1-6-25-17(23)13-12-16(21-22-20)19(18(24)14(2)3)26(4,5)15-10-8-7-9-11-15/h7-11,14,16,18-19,24H,6,12-13H2,1-5H3/t16?,18-,19+/m0/s1. The molecule has 144 valence electrons. The first kappa shape index (κ1) is 22.2. The summed E-state index contributed by atoms with van der Waals surface area (Å²) in [6.07, 6.45) is -0.0619. The highest BCUT2D eigenvalue weighted by Gasteiger charge is 2.43. The Kier molecular flexibility index (Phi) is 8.85. The van der Waals surface area contributed by atoms with Crippen LogP contribution in [0.25, 0.3) is 10.4 Å². The summed E-state index contributed by atoms with van der Waals surface area (Å²) in [7, 11) is -2.19. The van der Waals surface area contributed by atoms with Gasteiger partial charge in [-0.3, -0.25) is 4.79 Å². The van der Waals surface area contributed by atoms with E-state index in [1.165, 1.54) is 5.19 Å². The molecule has 0 aliphatic heterocycles. The van der Waals surface area contributed by atoms with Gasteiger partial charge in [-0.05, 0) is 30.3 Å². The highest BCUT2D eigenvalue weighted by molar-refractivity contribution is 6.91. The minimum Gasteiger partial charge on any atom is -0.466 e. The minimum atomic E-state index is -2.19. The summed E-state index contributed by atoms with van der Waals surface area (Å²) >= 11 is 0. The summed E-state index contributed by atoms with van der Waals surface area (Å²) in [5.41, 5.74) is 8.89. The number of azide groups is 1. The smallest absolute Gasteiger partial charge is 0.305 e. The van der Waals surface area contributed by atoms with Gasteiger partial charge < -0.3 is 9.84 Å². The molecule has 1 N–H and O–H groups in total. The quantitative estimate of drug-likeness (QED) is 0.219. The molecule has 1 aromatic carbocycles. The Labute approximate surface area is 157 Å². The molecule has 7 heteroatoms. The van der Waals surface area contributed by atoms with Crippen molar-refractivity contribution in [2.75, 3.05) is 6.61 Å². The zero-order chi connectivity index (χ0) is 19.7. The van der Waals surface area contributed by atoms with Crippen molar-refractivity contribution in [3.8, 4) is 0 Å². The lowest BCUT2D eigenvalue weighted by atomic mass is 9.96. The van der Waals surface area contributed by atoms with Crippen molar-refractivity contribution in [3.05, 3.63) is 40.8 Å². The average molecular weight is 378 g/mol. The molecule has 1 unspecified atom stereocenters. The molecule has 0 fully saturated rings. The SMILES string of the molecule is CCOC(=O)CCC(N=[N+]=[N-])[C@H]([C@@H](O)C(C)C)[Si](C)(C)c1ccccc1. The summed E-state index contributed by atoms with van der Waals surface area (Å²) in [6.45, 7) is 10.4. The van der Waals surface area contributed by atoms with E-state index >= 15 is 0 Å². The molecule has 0 saturated heterocycles. The van der Waals surface area contributed by atoms with Gasteiger partial charge >= 0.3 is 5.97 Å². The van der Waals surface area contributed by atoms with Crippen LogP contribution in [0.5, 0.6) is 0 Å². The van der Waals surface area contributed by atoms with Crippen LogP contribution in [-0.2, 0) is 9.53 Å². The lowest BCUT2D eigenvalue weighted by Gasteiger charge is -2.41. The molecule has 3 atom stereocenters. The minimum absolute atomic E-state index is 0.0227. The van der Waals surface area contributed by atoms with Crippen molar-refractivity contribution in [3.63, 3.8) is 0 Å². The number of rotatable bonds is 10. The van der Waals surface area contributed by atoms with Crippen molar-refractivity contribution in [1.82, 2.24) is 0 Å². The number of carbonyl (C=O) groups is 1. The van der Waals surface area contributed by atoms with E-state index in [4.69, 9.17) is 10.3 Å². The van der Waals surface area contributed by atoms with E-state index in [-0.39, 0.29) is 23.8 Å². The van der Waals surface area contributed by atoms with E-state index in [0.717, 1.165) is 0 Å². The Morgan fingerprint density at radius 1 is 1.31 bits per heavy atom. The lowest BCUT2D eigenvalue weighted by Crippen LogP contribution is -2.54.